The quantitative estimate of drug-likeness (QED) is 0.696. The molecule has 1 N–H and O–H groups in total. The Kier molecular flexibility index (Phi) is 5.22. The van der Waals surface area contributed by atoms with Gasteiger partial charge in [0.2, 0.25) is 0 Å². The van der Waals surface area contributed by atoms with Crippen molar-refractivity contribution in [3.8, 4) is 0 Å². The van der Waals surface area contributed by atoms with Crippen LogP contribution in [0.5, 0.6) is 0 Å². The Balaban J connectivity index is 1.61. The molecule has 5 heteroatoms. The van der Waals surface area contributed by atoms with Gasteiger partial charge in [0.25, 0.3) is 0 Å². The normalized spacial score (nSPS) is 26.7. The highest BCUT2D eigenvalue weighted by atomic mass is 16.5. The number of carbonyl (C=O) groups is 1. The molecule has 17 heavy (non-hydrogen) atoms. The van der Waals surface area contributed by atoms with Gasteiger partial charge in [-0.05, 0) is 25.9 Å². The molecule has 2 aliphatic rings. The predicted octanol–water partition coefficient (Wildman–Crippen LogP) is -0.139. The SMILES string of the molecule is O=C(CN1CCCNCC1)OCC1CCOC1. The average molecular weight is 242 g/mol. The largest absolute Gasteiger partial charge is 0.464 e. The fourth-order valence-corrected chi connectivity index (χ4v) is 2.21. The maximum Gasteiger partial charge on any atom is 0.320 e. The third-order valence-corrected chi connectivity index (χ3v) is 3.29. The van der Waals surface area contributed by atoms with Gasteiger partial charge in [-0.15, -0.1) is 0 Å². The van der Waals surface area contributed by atoms with Crippen LogP contribution >= 0.6 is 0 Å². The number of rotatable bonds is 4. The lowest BCUT2D eigenvalue weighted by molar-refractivity contribution is -0.146. The topological polar surface area (TPSA) is 50.8 Å². The second-order valence-corrected chi connectivity index (χ2v) is 4.79. The number of esters is 1. The van der Waals surface area contributed by atoms with Crippen LogP contribution in [0.2, 0.25) is 0 Å². The molecule has 1 atom stereocenters. The molecule has 0 bridgehead atoms. The summed E-state index contributed by atoms with van der Waals surface area (Å²) in [4.78, 5) is 13.8. The Hall–Kier alpha value is -0.650. The lowest BCUT2D eigenvalue weighted by Gasteiger charge is -2.18. The molecule has 2 rings (SSSR count). The first-order valence-electron chi connectivity index (χ1n) is 6.51. The van der Waals surface area contributed by atoms with E-state index in [2.05, 4.69) is 10.2 Å². The Bertz CT molecular complexity index is 234. The summed E-state index contributed by atoms with van der Waals surface area (Å²) in [6.07, 6.45) is 2.12. The third kappa shape index (κ3) is 4.61. The number of hydrogen-bond acceptors (Lipinski definition) is 5. The summed E-state index contributed by atoms with van der Waals surface area (Å²) in [5.41, 5.74) is 0. The van der Waals surface area contributed by atoms with Crippen molar-refractivity contribution in [3.63, 3.8) is 0 Å². The van der Waals surface area contributed by atoms with Crippen LogP contribution in [0.4, 0.5) is 0 Å². The number of nitrogens with zero attached hydrogens (tertiary/aromatic N) is 1. The van der Waals surface area contributed by atoms with Crippen molar-refractivity contribution in [2.24, 2.45) is 5.92 Å². The van der Waals surface area contributed by atoms with Crippen molar-refractivity contribution in [2.45, 2.75) is 12.8 Å². The van der Waals surface area contributed by atoms with E-state index in [4.69, 9.17) is 9.47 Å². The summed E-state index contributed by atoms with van der Waals surface area (Å²) < 4.78 is 10.5. The van der Waals surface area contributed by atoms with Gasteiger partial charge in [0, 0.05) is 25.6 Å². The molecule has 1 unspecified atom stereocenters. The summed E-state index contributed by atoms with van der Waals surface area (Å²) in [5.74, 6) is 0.309. The van der Waals surface area contributed by atoms with Crippen molar-refractivity contribution < 1.29 is 14.3 Å². The van der Waals surface area contributed by atoms with Gasteiger partial charge in [-0.2, -0.15) is 0 Å². The van der Waals surface area contributed by atoms with Gasteiger partial charge in [0.15, 0.2) is 0 Å². The molecule has 0 saturated carbocycles. The molecule has 98 valence electrons. The summed E-state index contributed by atoms with van der Waals surface area (Å²) >= 11 is 0. The first-order chi connectivity index (χ1) is 8.34. The van der Waals surface area contributed by atoms with Crippen LogP contribution in [0.15, 0.2) is 0 Å². The summed E-state index contributed by atoms with van der Waals surface area (Å²) in [7, 11) is 0. The second kappa shape index (κ2) is 6.93. The predicted molar refractivity (Wildman–Crippen MR) is 63.8 cm³/mol. The van der Waals surface area contributed by atoms with Crippen molar-refractivity contribution in [2.75, 3.05) is 52.5 Å². The van der Waals surface area contributed by atoms with Gasteiger partial charge in [-0.3, -0.25) is 9.69 Å². The van der Waals surface area contributed by atoms with Crippen LogP contribution in [0.25, 0.3) is 0 Å². The minimum atomic E-state index is -0.0983. The average Bonchev–Trinajstić information content (AvgIpc) is 2.72. The zero-order valence-electron chi connectivity index (χ0n) is 10.3. The molecule has 0 aromatic heterocycles. The maximum absolute atomic E-state index is 11.7. The molecule has 0 spiro atoms. The highest BCUT2D eigenvalue weighted by molar-refractivity contribution is 5.71. The Labute approximate surface area is 102 Å². The van der Waals surface area contributed by atoms with Crippen LogP contribution in [0, 0.1) is 5.92 Å². The fraction of sp³-hybridized carbons (Fsp3) is 0.917. The standard InChI is InChI=1S/C12H22N2O3/c15-12(17-10-11-2-7-16-9-11)8-14-5-1-3-13-4-6-14/h11,13H,1-10H2. The van der Waals surface area contributed by atoms with E-state index in [-0.39, 0.29) is 5.97 Å². The number of hydrogen-bond donors (Lipinski definition) is 1. The van der Waals surface area contributed by atoms with Crippen molar-refractivity contribution in [1.29, 1.82) is 0 Å². The van der Waals surface area contributed by atoms with Crippen LogP contribution in [-0.2, 0) is 14.3 Å². The van der Waals surface area contributed by atoms with Crippen LogP contribution < -0.4 is 5.32 Å². The first kappa shape index (κ1) is 12.8. The zero-order chi connectivity index (χ0) is 11.9. The van der Waals surface area contributed by atoms with E-state index in [9.17, 15) is 4.79 Å². The van der Waals surface area contributed by atoms with Crippen LogP contribution in [-0.4, -0.2) is 63.4 Å². The highest BCUT2D eigenvalue weighted by Crippen LogP contribution is 2.12. The van der Waals surface area contributed by atoms with E-state index in [1.807, 2.05) is 0 Å². The summed E-state index contributed by atoms with van der Waals surface area (Å²) in [5, 5.41) is 3.32. The molecule has 0 amide bonds. The molecule has 0 aliphatic carbocycles. The number of ether oxygens (including phenoxy) is 2. The van der Waals surface area contributed by atoms with Gasteiger partial charge in [0.05, 0.1) is 19.8 Å². The van der Waals surface area contributed by atoms with E-state index in [1.54, 1.807) is 0 Å². The molecule has 0 radical (unpaired) electrons. The van der Waals surface area contributed by atoms with Gasteiger partial charge in [-0.25, -0.2) is 0 Å². The third-order valence-electron chi connectivity index (χ3n) is 3.29. The minimum absolute atomic E-state index is 0.0983. The van der Waals surface area contributed by atoms with Crippen molar-refractivity contribution >= 4 is 5.97 Å². The van der Waals surface area contributed by atoms with Gasteiger partial charge >= 0.3 is 5.97 Å². The number of nitrogens with one attached hydrogen (secondary N) is 1. The fourth-order valence-electron chi connectivity index (χ4n) is 2.21. The molecule has 0 aromatic rings. The Morgan fingerprint density at radius 3 is 3.18 bits per heavy atom. The van der Waals surface area contributed by atoms with E-state index in [0.717, 1.165) is 52.2 Å². The molecular weight excluding hydrogens is 220 g/mol. The molecule has 2 fully saturated rings. The lowest BCUT2D eigenvalue weighted by Crippen LogP contribution is -2.34. The highest BCUT2D eigenvalue weighted by Gasteiger charge is 2.19. The van der Waals surface area contributed by atoms with Crippen molar-refractivity contribution in [1.82, 2.24) is 10.2 Å². The zero-order valence-corrected chi connectivity index (χ0v) is 10.3. The summed E-state index contributed by atoms with van der Waals surface area (Å²) in [6, 6.07) is 0. The molecular formula is C12H22N2O3. The molecule has 2 saturated heterocycles. The number of carbonyl (C=O) groups excluding carboxylic acids is 1. The molecule has 2 aliphatic heterocycles. The molecule has 0 aromatic carbocycles. The van der Waals surface area contributed by atoms with Crippen LogP contribution in [0.1, 0.15) is 12.8 Å². The van der Waals surface area contributed by atoms with Gasteiger partial charge in [-0.1, -0.05) is 0 Å². The van der Waals surface area contributed by atoms with E-state index in [1.165, 1.54) is 0 Å². The first-order valence-corrected chi connectivity index (χ1v) is 6.51. The summed E-state index contributed by atoms with van der Waals surface area (Å²) in [6.45, 7) is 6.41. The van der Waals surface area contributed by atoms with E-state index >= 15 is 0 Å². The van der Waals surface area contributed by atoms with E-state index < -0.39 is 0 Å². The Morgan fingerprint density at radius 1 is 1.41 bits per heavy atom. The second-order valence-electron chi connectivity index (χ2n) is 4.79. The maximum atomic E-state index is 11.7. The smallest absolute Gasteiger partial charge is 0.320 e. The monoisotopic (exact) mass is 242 g/mol. The van der Waals surface area contributed by atoms with E-state index in [0.29, 0.717) is 19.1 Å². The molecule has 5 nitrogen and oxygen atoms in total. The lowest BCUT2D eigenvalue weighted by atomic mass is 10.1. The Morgan fingerprint density at radius 2 is 2.35 bits per heavy atom. The van der Waals surface area contributed by atoms with Gasteiger partial charge in [0.1, 0.15) is 0 Å². The van der Waals surface area contributed by atoms with Crippen molar-refractivity contribution in [3.05, 3.63) is 0 Å². The van der Waals surface area contributed by atoms with Crippen LogP contribution in [0.3, 0.4) is 0 Å². The minimum Gasteiger partial charge on any atom is -0.464 e. The molecule has 2 heterocycles. The van der Waals surface area contributed by atoms with Gasteiger partial charge < -0.3 is 14.8 Å².